The third kappa shape index (κ3) is 2.93. The highest BCUT2D eigenvalue weighted by atomic mass is 16.5. The molecule has 2 aromatic rings. The van der Waals surface area contributed by atoms with Crippen molar-refractivity contribution in [1.29, 1.82) is 0 Å². The van der Waals surface area contributed by atoms with Crippen molar-refractivity contribution in [3.05, 3.63) is 71.3 Å². The molecule has 0 aromatic heterocycles. The predicted molar refractivity (Wildman–Crippen MR) is 86.9 cm³/mol. The molecule has 3 rings (SSSR count). The number of hydrogen-bond donors (Lipinski definition) is 0. The van der Waals surface area contributed by atoms with E-state index < -0.39 is 5.92 Å². The molecule has 1 aliphatic heterocycles. The Morgan fingerprint density at radius 3 is 2.68 bits per heavy atom. The number of benzene rings is 2. The predicted octanol–water partition coefficient (Wildman–Crippen LogP) is 4.05. The monoisotopic (exact) mass is 293 g/mol. The van der Waals surface area contributed by atoms with Crippen LogP contribution in [0, 0.1) is 0 Å². The molecule has 0 amide bonds. The van der Waals surface area contributed by atoms with E-state index in [0.717, 1.165) is 23.1 Å². The molecular formula is C19H19NO2. The van der Waals surface area contributed by atoms with E-state index in [0.29, 0.717) is 6.54 Å². The Morgan fingerprint density at radius 1 is 1.18 bits per heavy atom. The highest BCUT2D eigenvalue weighted by Crippen LogP contribution is 2.28. The van der Waals surface area contributed by atoms with Crippen molar-refractivity contribution in [2.45, 2.75) is 31.9 Å². The largest absolute Gasteiger partial charge is 0.457 e. The minimum atomic E-state index is -0.400. The molecule has 3 nitrogen and oxygen atoms in total. The van der Waals surface area contributed by atoms with Crippen molar-refractivity contribution >= 4 is 12.2 Å². The lowest BCUT2D eigenvalue weighted by molar-refractivity contribution is -0.149. The summed E-state index contributed by atoms with van der Waals surface area (Å²) >= 11 is 0. The summed E-state index contributed by atoms with van der Waals surface area (Å²) in [5.41, 5.74) is 3.13. The molecule has 0 saturated heterocycles. The third-order valence-electron chi connectivity index (χ3n) is 3.96. The molecule has 1 aliphatic rings. The molecule has 0 N–H and O–H groups in total. The first-order valence-corrected chi connectivity index (χ1v) is 7.62. The second-order valence-corrected chi connectivity index (χ2v) is 5.41. The Bertz CT molecular complexity index is 679. The van der Waals surface area contributed by atoms with Gasteiger partial charge in [0.25, 0.3) is 0 Å². The molecule has 0 radical (unpaired) electrons. The molecule has 0 spiro atoms. The maximum Gasteiger partial charge on any atom is 0.319 e. The number of aliphatic imine (C=N–C) groups is 1. The summed E-state index contributed by atoms with van der Waals surface area (Å²) in [7, 11) is 0. The van der Waals surface area contributed by atoms with Crippen molar-refractivity contribution in [2.75, 3.05) is 0 Å². The molecule has 0 aliphatic carbocycles. The summed E-state index contributed by atoms with van der Waals surface area (Å²) in [5.74, 6) is -0.630. The lowest BCUT2D eigenvalue weighted by Gasteiger charge is -2.22. The minimum Gasteiger partial charge on any atom is -0.457 e. The van der Waals surface area contributed by atoms with Gasteiger partial charge in [-0.3, -0.25) is 9.79 Å². The van der Waals surface area contributed by atoms with Gasteiger partial charge in [0.2, 0.25) is 0 Å². The van der Waals surface area contributed by atoms with Crippen molar-refractivity contribution < 1.29 is 9.53 Å². The summed E-state index contributed by atoms with van der Waals surface area (Å²) in [6.45, 7) is 2.66. The Hall–Kier alpha value is -2.42. The van der Waals surface area contributed by atoms with Crippen LogP contribution in [0.3, 0.4) is 0 Å². The number of carbonyl (C=O) groups excluding carboxylic acids is 1. The fourth-order valence-corrected chi connectivity index (χ4v) is 2.77. The smallest absolute Gasteiger partial charge is 0.319 e. The number of rotatable bonds is 4. The van der Waals surface area contributed by atoms with Gasteiger partial charge < -0.3 is 4.74 Å². The third-order valence-corrected chi connectivity index (χ3v) is 3.96. The first-order chi connectivity index (χ1) is 10.8. The van der Waals surface area contributed by atoms with E-state index >= 15 is 0 Å². The average molecular weight is 293 g/mol. The van der Waals surface area contributed by atoms with Gasteiger partial charge in [0.15, 0.2) is 0 Å². The van der Waals surface area contributed by atoms with Crippen LogP contribution in [0.4, 0.5) is 0 Å². The van der Waals surface area contributed by atoms with Gasteiger partial charge in [0.05, 0.1) is 6.54 Å². The van der Waals surface area contributed by atoms with Crippen LogP contribution in [0.25, 0.3) is 0 Å². The van der Waals surface area contributed by atoms with E-state index in [1.165, 1.54) is 0 Å². The lowest BCUT2D eigenvalue weighted by atomic mass is 9.93. The topological polar surface area (TPSA) is 38.7 Å². The summed E-state index contributed by atoms with van der Waals surface area (Å²) in [6.07, 6.45) is 2.25. The molecule has 3 heteroatoms. The highest BCUT2D eigenvalue weighted by molar-refractivity contribution is 5.97. The Kier molecular flexibility index (Phi) is 4.33. The van der Waals surface area contributed by atoms with Crippen LogP contribution in [0.5, 0.6) is 0 Å². The number of esters is 1. The van der Waals surface area contributed by atoms with Crippen LogP contribution < -0.4 is 0 Å². The molecule has 0 fully saturated rings. The Balaban J connectivity index is 1.79. The van der Waals surface area contributed by atoms with Crippen molar-refractivity contribution in [1.82, 2.24) is 0 Å². The second kappa shape index (κ2) is 6.56. The minimum absolute atomic E-state index is 0.212. The van der Waals surface area contributed by atoms with Gasteiger partial charge in [-0.15, -0.1) is 0 Å². The molecule has 2 unspecified atom stereocenters. The standard InChI is InChI=1S/C19H19NO2/c1-2-18(14-8-4-3-5-9-14)22-19(21)17-13-20-12-15-10-6-7-11-16(15)17/h3-11,13,17-18H,2,12H2,1H3. The molecule has 0 bridgehead atoms. The summed E-state index contributed by atoms with van der Waals surface area (Å²) < 4.78 is 5.75. The van der Waals surface area contributed by atoms with E-state index in [4.69, 9.17) is 4.74 Å². The van der Waals surface area contributed by atoms with Crippen LogP contribution in [-0.4, -0.2) is 12.2 Å². The maximum absolute atomic E-state index is 12.6. The normalized spacial score (nSPS) is 17.6. The van der Waals surface area contributed by atoms with E-state index in [2.05, 4.69) is 4.99 Å². The first kappa shape index (κ1) is 14.5. The molecule has 22 heavy (non-hydrogen) atoms. The van der Waals surface area contributed by atoms with Crippen LogP contribution in [-0.2, 0) is 16.1 Å². The van der Waals surface area contributed by atoms with Crippen molar-refractivity contribution in [3.63, 3.8) is 0 Å². The van der Waals surface area contributed by atoms with Gasteiger partial charge in [0, 0.05) is 6.21 Å². The molecule has 1 heterocycles. The quantitative estimate of drug-likeness (QED) is 0.798. The summed E-state index contributed by atoms with van der Waals surface area (Å²) in [6, 6.07) is 17.8. The van der Waals surface area contributed by atoms with Gasteiger partial charge in [-0.1, -0.05) is 61.5 Å². The molecule has 0 saturated carbocycles. The Morgan fingerprint density at radius 2 is 1.91 bits per heavy atom. The summed E-state index contributed by atoms with van der Waals surface area (Å²) in [4.78, 5) is 16.9. The number of carbonyl (C=O) groups is 1. The molecule has 2 atom stereocenters. The second-order valence-electron chi connectivity index (χ2n) is 5.41. The fourth-order valence-electron chi connectivity index (χ4n) is 2.77. The zero-order chi connectivity index (χ0) is 15.4. The van der Waals surface area contributed by atoms with Crippen LogP contribution in [0.1, 0.15) is 42.1 Å². The van der Waals surface area contributed by atoms with E-state index in [1.54, 1.807) is 6.21 Å². The highest BCUT2D eigenvalue weighted by Gasteiger charge is 2.27. The molecule has 112 valence electrons. The fraction of sp³-hybridized carbons (Fsp3) is 0.263. The Labute approximate surface area is 130 Å². The van der Waals surface area contributed by atoms with Crippen molar-refractivity contribution in [3.8, 4) is 0 Å². The number of hydrogen-bond acceptors (Lipinski definition) is 3. The summed E-state index contributed by atoms with van der Waals surface area (Å²) in [5, 5.41) is 0. The zero-order valence-corrected chi connectivity index (χ0v) is 12.6. The van der Waals surface area contributed by atoms with Crippen LogP contribution in [0.15, 0.2) is 59.6 Å². The van der Waals surface area contributed by atoms with E-state index in [9.17, 15) is 4.79 Å². The number of fused-ring (bicyclic) bond motifs is 1. The van der Waals surface area contributed by atoms with E-state index in [-0.39, 0.29) is 12.1 Å². The van der Waals surface area contributed by atoms with Crippen LogP contribution >= 0.6 is 0 Å². The van der Waals surface area contributed by atoms with Crippen molar-refractivity contribution in [2.24, 2.45) is 4.99 Å². The van der Waals surface area contributed by atoms with Crippen LogP contribution in [0.2, 0.25) is 0 Å². The first-order valence-electron chi connectivity index (χ1n) is 7.62. The zero-order valence-electron chi connectivity index (χ0n) is 12.6. The van der Waals surface area contributed by atoms with Gasteiger partial charge in [-0.2, -0.15) is 0 Å². The van der Waals surface area contributed by atoms with Gasteiger partial charge in [-0.25, -0.2) is 0 Å². The van der Waals surface area contributed by atoms with Gasteiger partial charge >= 0.3 is 5.97 Å². The number of ether oxygens (including phenoxy) is 1. The van der Waals surface area contributed by atoms with E-state index in [1.807, 2.05) is 61.5 Å². The number of nitrogens with zero attached hydrogens (tertiary/aromatic N) is 1. The molecule has 2 aromatic carbocycles. The van der Waals surface area contributed by atoms with Gasteiger partial charge in [0.1, 0.15) is 12.0 Å². The maximum atomic E-state index is 12.6. The SMILES string of the molecule is CCC(OC(=O)C1C=NCc2ccccc21)c1ccccc1. The average Bonchev–Trinajstić information content (AvgIpc) is 2.59. The van der Waals surface area contributed by atoms with Gasteiger partial charge in [-0.05, 0) is 23.1 Å². The lowest BCUT2D eigenvalue weighted by Crippen LogP contribution is -2.22. The molecular weight excluding hydrogens is 274 g/mol.